The highest BCUT2D eigenvalue weighted by atomic mass is 14.6. The fourth-order valence-corrected chi connectivity index (χ4v) is 4.86. The lowest BCUT2D eigenvalue weighted by atomic mass is 9.46. The van der Waals surface area contributed by atoms with Gasteiger partial charge in [0.15, 0.2) is 0 Å². The topological polar surface area (TPSA) is 0 Å². The van der Waals surface area contributed by atoms with E-state index in [1.54, 1.807) is 25.7 Å². The third-order valence-electron chi connectivity index (χ3n) is 5.95. The monoisotopic (exact) mass is 324 g/mol. The predicted molar refractivity (Wildman–Crippen MR) is 108 cm³/mol. The minimum Gasteiger partial charge on any atom is -0.0776 e. The molecular weight excluding hydrogens is 276 g/mol. The Bertz CT molecular complexity index is 260. The van der Waals surface area contributed by atoms with E-state index in [0.717, 1.165) is 10.8 Å². The molecule has 0 aromatic heterocycles. The van der Waals surface area contributed by atoms with Gasteiger partial charge in [-0.3, -0.25) is 0 Å². The fourth-order valence-electron chi connectivity index (χ4n) is 4.86. The molecule has 0 saturated heterocycles. The first-order valence-electron chi connectivity index (χ1n) is 10.4. The highest BCUT2D eigenvalue weighted by molar-refractivity contribution is 5.03. The van der Waals surface area contributed by atoms with E-state index in [-0.39, 0.29) is 7.43 Å². The predicted octanol–water partition coefficient (Wildman–Crippen LogP) is 8.79. The Morgan fingerprint density at radius 3 is 0.870 bits per heavy atom. The molecule has 0 heterocycles. The van der Waals surface area contributed by atoms with Crippen molar-refractivity contribution in [1.29, 1.82) is 0 Å². The van der Waals surface area contributed by atoms with Gasteiger partial charge >= 0.3 is 0 Å². The molecule has 4 aliphatic carbocycles. The first-order valence-corrected chi connectivity index (χ1v) is 10.4. The molecule has 2 spiro atoms. The van der Waals surface area contributed by atoms with Crippen molar-refractivity contribution < 1.29 is 0 Å². The molecule has 23 heavy (non-hydrogen) atoms. The van der Waals surface area contributed by atoms with Crippen LogP contribution in [0.5, 0.6) is 0 Å². The van der Waals surface area contributed by atoms with Crippen LogP contribution in [0.1, 0.15) is 132 Å². The zero-order valence-electron chi connectivity index (χ0n) is 16.7. The van der Waals surface area contributed by atoms with E-state index >= 15 is 0 Å². The minimum absolute atomic E-state index is 0. The van der Waals surface area contributed by atoms with Crippen LogP contribution in [0.3, 0.4) is 0 Å². The summed E-state index contributed by atoms with van der Waals surface area (Å²) < 4.78 is 0. The van der Waals surface area contributed by atoms with Crippen LogP contribution < -0.4 is 0 Å². The molecule has 4 aliphatic rings. The summed E-state index contributed by atoms with van der Waals surface area (Å²) in [6.07, 6.45) is 19.4. The van der Waals surface area contributed by atoms with Crippen molar-refractivity contribution >= 4 is 0 Å². The normalized spacial score (nSPS) is 25.8. The van der Waals surface area contributed by atoms with E-state index in [0.29, 0.717) is 5.41 Å². The molecule has 0 aromatic rings. The Kier molecular flexibility index (Phi) is 10.1. The van der Waals surface area contributed by atoms with E-state index in [2.05, 4.69) is 41.5 Å². The van der Waals surface area contributed by atoms with Crippen LogP contribution in [-0.4, -0.2) is 0 Å². The second kappa shape index (κ2) is 10.1. The van der Waals surface area contributed by atoms with E-state index < -0.39 is 0 Å². The van der Waals surface area contributed by atoms with E-state index in [9.17, 15) is 0 Å². The molecule has 0 N–H and O–H groups in total. The van der Waals surface area contributed by atoms with Crippen LogP contribution in [0.25, 0.3) is 0 Å². The van der Waals surface area contributed by atoms with Crippen molar-refractivity contribution in [1.82, 2.24) is 0 Å². The summed E-state index contributed by atoms with van der Waals surface area (Å²) in [5.74, 6) is 0. The summed E-state index contributed by atoms with van der Waals surface area (Å²) in [5, 5.41) is 0. The Balaban J connectivity index is 0.000000311. The Labute approximate surface area is 149 Å². The summed E-state index contributed by atoms with van der Waals surface area (Å²) in [5.41, 5.74) is 2.53. The maximum Gasteiger partial charge on any atom is -0.0287 e. The van der Waals surface area contributed by atoms with Gasteiger partial charge in [-0.15, -0.1) is 0 Å². The zero-order valence-corrected chi connectivity index (χ0v) is 16.7. The lowest BCUT2D eigenvalue weighted by molar-refractivity contribution is -0.0751. The van der Waals surface area contributed by atoms with Crippen molar-refractivity contribution in [2.75, 3.05) is 0 Å². The van der Waals surface area contributed by atoms with Gasteiger partial charge in [-0.25, -0.2) is 0 Å². The van der Waals surface area contributed by atoms with Crippen molar-refractivity contribution in [2.24, 2.45) is 16.2 Å². The average Bonchev–Trinajstić information content (AvgIpc) is 2.22. The third kappa shape index (κ3) is 6.79. The van der Waals surface area contributed by atoms with E-state index in [1.807, 2.05) is 0 Å². The van der Waals surface area contributed by atoms with E-state index in [1.165, 1.54) is 57.8 Å². The summed E-state index contributed by atoms with van der Waals surface area (Å²) in [4.78, 5) is 0. The van der Waals surface area contributed by atoms with Gasteiger partial charge in [0.2, 0.25) is 0 Å². The molecule has 0 amide bonds. The molecule has 0 aromatic carbocycles. The van der Waals surface area contributed by atoms with Gasteiger partial charge in [-0.2, -0.15) is 0 Å². The van der Waals surface area contributed by atoms with Crippen LogP contribution in [0.4, 0.5) is 0 Å². The first-order chi connectivity index (χ1) is 10.4. The highest BCUT2D eigenvalue weighted by Gasteiger charge is 2.51. The van der Waals surface area contributed by atoms with Gasteiger partial charge in [0.25, 0.3) is 0 Å². The maximum atomic E-state index is 2.40. The van der Waals surface area contributed by atoms with Gasteiger partial charge in [0.1, 0.15) is 0 Å². The molecule has 4 rings (SSSR count). The van der Waals surface area contributed by atoms with Gasteiger partial charge in [0.05, 0.1) is 0 Å². The Morgan fingerprint density at radius 1 is 0.565 bits per heavy atom. The highest BCUT2D eigenvalue weighted by Crippen LogP contribution is 2.63. The van der Waals surface area contributed by atoms with Crippen LogP contribution in [-0.2, 0) is 0 Å². The van der Waals surface area contributed by atoms with Crippen LogP contribution in [0, 0.1) is 16.2 Å². The van der Waals surface area contributed by atoms with E-state index in [4.69, 9.17) is 0 Å². The maximum absolute atomic E-state index is 2.40. The summed E-state index contributed by atoms with van der Waals surface area (Å²) in [7, 11) is 0. The standard InChI is InChI=1S/C9H16.C7H12.2C3H8.CH4/c1-8(2)6-9(7-8)4-3-5-9;1-3-7(4-1)5-2-6-7;2*1-3-2;/h3-7H2,1-2H3;1-6H2;2*3H2,1-2H3;1H4. The lowest BCUT2D eigenvalue weighted by Gasteiger charge is -2.59. The molecule has 0 aliphatic heterocycles. The van der Waals surface area contributed by atoms with Crippen molar-refractivity contribution in [3.63, 3.8) is 0 Å². The van der Waals surface area contributed by atoms with Crippen molar-refractivity contribution in [3.8, 4) is 0 Å². The number of hydrogen-bond acceptors (Lipinski definition) is 0. The van der Waals surface area contributed by atoms with Gasteiger partial charge < -0.3 is 0 Å². The average molecular weight is 325 g/mol. The molecule has 0 heteroatoms. The summed E-state index contributed by atoms with van der Waals surface area (Å²) >= 11 is 0. The third-order valence-corrected chi connectivity index (χ3v) is 5.95. The van der Waals surface area contributed by atoms with Gasteiger partial charge in [-0.05, 0) is 67.6 Å². The lowest BCUT2D eigenvalue weighted by Crippen LogP contribution is -2.47. The molecule has 0 bridgehead atoms. The summed E-state index contributed by atoms with van der Waals surface area (Å²) in [6.45, 7) is 13.3. The fraction of sp³-hybridized carbons (Fsp3) is 1.00. The van der Waals surface area contributed by atoms with Crippen molar-refractivity contribution in [2.45, 2.75) is 132 Å². The Hall–Kier alpha value is 0. The first kappa shape index (κ1) is 23.0. The zero-order chi connectivity index (χ0) is 16.7. The molecule has 140 valence electrons. The number of rotatable bonds is 0. The molecule has 4 fully saturated rings. The van der Waals surface area contributed by atoms with Crippen LogP contribution in [0.2, 0.25) is 0 Å². The second-order valence-electron chi connectivity index (χ2n) is 9.49. The molecule has 0 atom stereocenters. The van der Waals surface area contributed by atoms with Crippen molar-refractivity contribution in [3.05, 3.63) is 0 Å². The van der Waals surface area contributed by atoms with Gasteiger partial charge in [-0.1, -0.05) is 81.1 Å². The molecule has 0 unspecified atom stereocenters. The molecule has 4 saturated carbocycles. The van der Waals surface area contributed by atoms with Gasteiger partial charge in [0, 0.05) is 0 Å². The smallest absolute Gasteiger partial charge is 0.0287 e. The molecule has 0 radical (unpaired) electrons. The number of hydrogen-bond donors (Lipinski definition) is 0. The Morgan fingerprint density at radius 2 is 0.826 bits per heavy atom. The second-order valence-corrected chi connectivity index (χ2v) is 9.49. The SMILES string of the molecule is C.C1CC2(C1)CCC2.CC1(C)CC2(CCC2)C1.CCC.CCC. The largest absolute Gasteiger partial charge is 0.0776 e. The quantitative estimate of drug-likeness (QED) is 0.417. The van der Waals surface area contributed by atoms with Crippen LogP contribution >= 0.6 is 0 Å². The summed E-state index contributed by atoms with van der Waals surface area (Å²) in [6, 6.07) is 0. The molecular formula is C23H48. The van der Waals surface area contributed by atoms with Crippen LogP contribution in [0.15, 0.2) is 0 Å². The minimum atomic E-state index is 0. The molecule has 0 nitrogen and oxygen atoms in total.